The SMILES string of the molecule is Cc1ccc(Nc2ccc(NC(=O)c3cccnc3)nn2)cc1. The number of hydrogen-bond donors (Lipinski definition) is 2. The molecule has 0 fully saturated rings. The first-order valence-corrected chi connectivity index (χ1v) is 7.09. The van der Waals surface area contributed by atoms with Gasteiger partial charge in [0.15, 0.2) is 11.6 Å². The highest BCUT2D eigenvalue weighted by Gasteiger charge is 2.07. The van der Waals surface area contributed by atoms with Gasteiger partial charge in [0.25, 0.3) is 5.91 Å². The third-order valence-electron chi connectivity index (χ3n) is 3.15. The first-order chi connectivity index (χ1) is 11.2. The molecule has 1 aromatic carbocycles. The van der Waals surface area contributed by atoms with E-state index in [1.807, 2.05) is 31.2 Å². The smallest absolute Gasteiger partial charge is 0.258 e. The molecule has 0 aliphatic heterocycles. The van der Waals surface area contributed by atoms with Crippen LogP contribution in [0, 0.1) is 6.92 Å². The van der Waals surface area contributed by atoms with E-state index >= 15 is 0 Å². The second-order valence-electron chi connectivity index (χ2n) is 4.99. The summed E-state index contributed by atoms with van der Waals surface area (Å²) in [4.78, 5) is 15.9. The van der Waals surface area contributed by atoms with E-state index in [0.29, 0.717) is 17.2 Å². The van der Waals surface area contributed by atoms with E-state index in [4.69, 9.17) is 0 Å². The van der Waals surface area contributed by atoms with E-state index in [2.05, 4.69) is 25.8 Å². The largest absolute Gasteiger partial charge is 0.339 e. The molecule has 23 heavy (non-hydrogen) atoms. The molecule has 0 atom stereocenters. The molecule has 2 aromatic heterocycles. The lowest BCUT2D eigenvalue weighted by Gasteiger charge is -2.07. The van der Waals surface area contributed by atoms with Crippen molar-refractivity contribution >= 4 is 23.2 Å². The topological polar surface area (TPSA) is 79.8 Å². The molecule has 0 bridgehead atoms. The van der Waals surface area contributed by atoms with E-state index in [1.54, 1.807) is 30.5 Å². The molecule has 3 rings (SSSR count). The molecule has 0 aliphatic carbocycles. The summed E-state index contributed by atoms with van der Waals surface area (Å²) < 4.78 is 0. The Labute approximate surface area is 133 Å². The number of hydrogen-bond acceptors (Lipinski definition) is 5. The van der Waals surface area contributed by atoms with Crippen molar-refractivity contribution in [2.24, 2.45) is 0 Å². The highest BCUT2D eigenvalue weighted by molar-refractivity contribution is 6.03. The lowest BCUT2D eigenvalue weighted by molar-refractivity contribution is 0.102. The predicted octanol–water partition coefficient (Wildman–Crippen LogP) is 3.18. The highest BCUT2D eigenvalue weighted by Crippen LogP contribution is 2.15. The van der Waals surface area contributed by atoms with Crippen molar-refractivity contribution in [3.63, 3.8) is 0 Å². The van der Waals surface area contributed by atoms with Gasteiger partial charge in [0.1, 0.15) is 0 Å². The molecule has 3 aromatic rings. The zero-order chi connectivity index (χ0) is 16.1. The average molecular weight is 305 g/mol. The third kappa shape index (κ3) is 3.88. The first-order valence-electron chi connectivity index (χ1n) is 7.09. The Hall–Kier alpha value is -3.28. The maximum absolute atomic E-state index is 12.0. The summed E-state index contributed by atoms with van der Waals surface area (Å²) >= 11 is 0. The van der Waals surface area contributed by atoms with Crippen molar-refractivity contribution in [1.82, 2.24) is 15.2 Å². The summed E-state index contributed by atoms with van der Waals surface area (Å²) in [7, 11) is 0. The Morgan fingerprint density at radius 3 is 2.35 bits per heavy atom. The molecule has 114 valence electrons. The van der Waals surface area contributed by atoms with Crippen molar-refractivity contribution in [2.45, 2.75) is 6.92 Å². The molecule has 0 saturated heterocycles. The van der Waals surface area contributed by atoms with Gasteiger partial charge >= 0.3 is 0 Å². The lowest BCUT2D eigenvalue weighted by Crippen LogP contribution is -2.13. The fourth-order valence-electron chi connectivity index (χ4n) is 1.94. The summed E-state index contributed by atoms with van der Waals surface area (Å²) in [6, 6.07) is 14.8. The van der Waals surface area contributed by atoms with Gasteiger partial charge in [0, 0.05) is 18.1 Å². The second kappa shape index (κ2) is 6.65. The maximum Gasteiger partial charge on any atom is 0.258 e. The van der Waals surface area contributed by atoms with E-state index in [-0.39, 0.29) is 5.91 Å². The maximum atomic E-state index is 12.0. The number of aryl methyl sites for hydroxylation is 1. The Kier molecular flexibility index (Phi) is 4.24. The number of aromatic nitrogens is 3. The molecule has 6 heteroatoms. The van der Waals surface area contributed by atoms with Crippen LogP contribution < -0.4 is 10.6 Å². The number of carbonyl (C=O) groups is 1. The predicted molar refractivity (Wildman–Crippen MR) is 88.7 cm³/mol. The molecule has 2 heterocycles. The standard InChI is InChI=1S/C17H15N5O/c1-12-4-6-14(7-5-12)19-15-8-9-16(22-21-15)20-17(23)13-3-2-10-18-11-13/h2-11H,1H3,(H,19,21)(H,20,22,23). The van der Waals surface area contributed by atoms with Crippen molar-refractivity contribution in [3.05, 3.63) is 72.1 Å². The lowest BCUT2D eigenvalue weighted by atomic mass is 10.2. The van der Waals surface area contributed by atoms with Crippen LogP contribution in [0.2, 0.25) is 0 Å². The van der Waals surface area contributed by atoms with Gasteiger partial charge in [-0.05, 0) is 43.3 Å². The van der Waals surface area contributed by atoms with Gasteiger partial charge in [-0.2, -0.15) is 0 Å². The number of pyridine rings is 1. The van der Waals surface area contributed by atoms with Gasteiger partial charge in [-0.25, -0.2) is 0 Å². The van der Waals surface area contributed by atoms with Crippen LogP contribution in [0.1, 0.15) is 15.9 Å². The third-order valence-corrected chi connectivity index (χ3v) is 3.15. The van der Waals surface area contributed by atoms with Gasteiger partial charge in [-0.15, -0.1) is 10.2 Å². The quantitative estimate of drug-likeness (QED) is 0.774. The molecule has 6 nitrogen and oxygen atoms in total. The highest BCUT2D eigenvalue weighted by atomic mass is 16.1. The number of nitrogens with one attached hydrogen (secondary N) is 2. The van der Waals surface area contributed by atoms with Gasteiger partial charge in [0.2, 0.25) is 0 Å². The van der Waals surface area contributed by atoms with Crippen LogP contribution in [0.15, 0.2) is 60.9 Å². The van der Waals surface area contributed by atoms with Crippen LogP contribution in [0.25, 0.3) is 0 Å². The van der Waals surface area contributed by atoms with Crippen LogP contribution in [0.5, 0.6) is 0 Å². The Morgan fingerprint density at radius 1 is 0.957 bits per heavy atom. The number of carbonyl (C=O) groups excluding carboxylic acids is 1. The van der Waals surface area contributed by atoms with Crippen LogP contribution >= 0.6 is 0 Å². The van der Waals surface area contributed by atoms with E-state index < -0.39 is 0 Å². The van der Waals surface area contributed by atoms with Gasteiger partial charge in [-0.1, -0.05) is 17.7 Å². The minimum atomic E-state index is -0.272. The summed E-state index contributed by atoms with van der Waals surface area (Å²) in [6.45, 7) is 2.03. The minimum absolute atomic E-state index is 0.272. The van der Waals surface area contributed by atoms with Crippen LogP contribution in [-0.4, -0.2) is 21.1 Å². The normalized spacial score (nSPS) is 10.1. The molecule has 2 N–H and O–H groups in total. The fraction of sp³-hybridized carbons (Fsp3) is 0.0588. The van der Waals surface area contributed by atoms with Gasteiger partial charge in [-0.3, -0.25) is 9.78 Å². The summed E-state index contributed by atoms with van der Waals surface area (Å²) in [5.74, 6) is 0.716. The number of nitrogens with zero attached hydrogens (tertiary/aromatic N) is 3. The summed E-state index contributed by atoms with van der Waals surface area (Å²) in [5.41, 5.74) is 2.59. The summed E-state index contributed by atoms with van der Waals surface area (Å²) in [6.07, 6.45) is 3.11. The van der Waals surface area contributed by atoms with Crippen LogP contribution in [-0.2, 0) is 0 Å². The average Bonchev–Trinajstić information content (AvgIpc) is 2.59. The number of rotatable bonds is 4. The minimum Gasteiger partial charge on any atom is -0.339 e. The van der Waals surface area contributed by atoms with E-state index in [0.717, 1.165) is 5.69 Å². The number of amides is 1. The van der Waals surface area contributed by atoms with Crippen molar-refractivity contribution in [3.8, 4) is 0 Å². The van der Waals surface area contributed by atoms with Crippen LogP contribution in [0.3, 0.4) is 0 Å². The molecule has 0 saturated carbocycles. The van der Waals surface area contributed by atoms with Crippen molar-refractivity contribution in [1.29, 1.82) is 0 Å². The molecule has 1 amide bonds. The van der Waals surface area contributed by atoms with Gasteiger partial charge < -0.3 is 10.6 Å². The Bertz CT molecular complexity index is 785. The first kappa shape index (κ1) is 14.6. The Balaban J connectivity index is 1.65. The van der Waals surface area contributed by atoms with Crippen molar-refractivity contribution in [2.75, 3.05) is 10.6 Å². The van der Waals surface area contributed by atoms with E-state index in [1.165, 1.54) is 11.8 Å². The summed E-state index contributed by atoms with van der Waals surface area (Å²) in [5, 5.41) is 13.9. The zero-order valence-corrected chi connectivity index (χ0v) is 12.5. The Morgan fingerprint density at radius 2 is 1.70 bits per heavy atom. The molecule has 0 radical (unpaired) electrons. The van der Waals surface area contributed by atoms with Gasteiger partial charge in [0.05, 0.1) is 5.56 Å². The molecular weight excluding hydrogens is 290 g/mol. The molecule has 0 aliphatic rings. The molecule has 0 spiro atoms. The second-order valence-corrected chi connectivity index (χ2v) is 4.99. The van der Waals surface area contributed by atoms with E-state index in [9.17, 15) is 4.79 Å². The zero-order valence-electron chi connectivity index (χ0n) is 12.5. The number of benzene rings is 1. The fourth-order valence-corrected chi connectivity index (χ4v) is 1.94. The monoisotopic (exact) mass is 305 g/mol. The number of anilines is 3. The van der Waals surface area contributed by atoms with Crippen molar-refractivity contribution < 1.29 is 4.79 Å². The van der Waals surface area contributed by atoms with Crippen LogP contribution in [0.4, 0.5) is 17.3 Å². The molecular formula is C17H15N5O. The molecule has 0 unspecified atom stereocenters.